The molecular weight excluding hydrogens is 293 g/mol. The van der Waals surface area contributed by atoms with Crippen LogP contribution in [-0.2, 0) is 12.5 Å². The van der Waals surface area contributed by atoms with Crippen molar-refractivity contribution in [2.45, 2.75) is 12.5 Å². The predicted molar refractivity (Wildman–Crippen MR) is 78.0 cm³/mol. The van der Waals surface area contributed by atoms with Gasteiger partial charge in [-0.05, 0) is 29.8 Å². The van der Waals surface area contributed by atoms with E-state index >= 15 is 0 Å². The molecule has 2 rings (SSSR count). The van der Waals surface area contributed by atoms with Gasteiger partial charge in [-0.15, -0.1) is 11.6 Å². The van der Waals surface area contributed by atoms with Crippen molar-refractivity contribution in [3.8, 4) is 17.6 Å². The number of alkyl halides is 1. The van der Waals surface area contributed by atoms with Crippen molar-refractivity contribution in [2.75, 3.05) is 7.11 Å². The number of hydrogen-bond acceptors (Lipinski definition) is 3. The van der Waals surface area contributed by atoms with Crippen LogP contribution in [0.3, 0.4) is 0 Å². The van der Waals surface area contributed by atoms with Gasteiger partial charge in [-0.1, -0.05) is 6.07 Å². The van der Waals surface area contributed by atoms with E-state index < -0.39 is 5.82 Å². The second-order valence-corrected chi connectivity index (χ2v) is 4.62. The second kappa shape index (κ2) is 6.96. The first-order valence-corrected chi connectivity index (χ1v) is 6.75. The van der Waals surface area contributed by atoms with Gasteiger partial charge in [-0.2, -0.15) is 5.26 Å². The molecule has 5 heteroatoms. The fraction of sp³-hybridized carbons (Fsp3) is 0.188. The van der Waals surface area contributed by atoms with Gasteiger partial charge in [0.15, 0.2) is 0 Å². The lowest BCUT2D eigenvalue weighted by Gasteiger charge is -2.12. The molecule has 2 aromatic carbocycles. The van der Waals surface area contributed by atoms with Crippen LogP contribution in [0.2, 0.25) is 0 Å². The highest BCUT2D eigenvalue weighted by molar-refractivity contribution is 6.17. The number of rotatable bonds is 5. The highest BCUT2D eigenvalue weighted by Gasteiger charge is 2.07. The maximum Gasteiger partial charge on any atom is 0.127 e. The van der Waals surface area contributed by atoms with E-state index in [2.05, 4.69) is 0 Å². The summed E-state index contributed by atoms with van der Waals surface area (Å²) in [6, 6.07) is 11.3. The minimum absolute atomic E-state index is 0.142. The predicted octanol–water partition coefficient (Wildman–Crippen LogP) is 4.02. The summed E-state index contributed by atoms with van der Waals surface area (Å²) in [7, 11) is 1.56. The van der Waals surface area contributed by atoms with Gasteiger partial charge in [0.05, 0.1) is 24.6 Å². The molecule has 0 aliphatic carbocycles. The van der Waals surface area contributed by atoms with Crippen molar-refractivity contribution >= 4 is 11.6 Å². The molecule has 0 amide bonds. The molecule has 3 nitrogen and oxygen atoms in total. The number of halogens is 2. The molecule has 0 aliphatic heterocycles. The van der Waals surface area contributed by atoms with Crippen LogP contribution in [0, 0.1) is 17.1 Å². The lowest BCUT2D eigenvalue weighted by molar-refractivity contribution is 0.300. The van der Waals surface area contributed by atoms with E-state index in [-0.39, 0.29) is 12.2 Å². The Morgan fingerprint density at radius 3 is 2.71 bits per heavy atom. The van der Waals surface area contributed by atoms with E-state index in [1.807, 2.05) is 12.1 Å². The second-order valence-electron chi connectivity index (χ2n) is 4.36. The standard InChI is InChI=1S/C16H13ClFNO2/c1-20-15-3-2-13(8-17)16(7-15)21-10-12-4-11(9-19)5-14(18)6-12/h2-7H,8,10H2,1H3. The molecule has 0 bridgehead atoms. The fourth-order valence-electron chi connectivity index (χ4n) is 1.87. The van der Waals surface area contributed by atoms with Gasteiger partial charge in [0.25, 0.3) is 0 Å². The Balaban J connectivity index is 2.19. The third-order valence-electron chi connectivity index (χ3n) is 2.90. The molecule has 0 heterocycles. The molecule has 2 aromatic rings. The van der Waals surface area contributed by atoms with Crippen LogP contribution in [-0.4, -0.2) is 7.11 Å². The maximum absolute atomic E-state index is 13.4. The lowest BCUT2D eigenvalue weighted by atomic mass is 10.1. The molecule has 108 valence electrons. The van der Waals surface area contributed by atoms with E-state index in [0.717, 1.165) is 5.56 Å². The van der Waals surface area contributed by atoms with Crippen molar-refractivity contribution in [1.82, 2.24) is 0 Å². The first-order valence-electron chi connectivity index (χ1n) is 6.21. The summed E-state index contributed by atoms with van der Waals surface area (Å²) in [6.07, 6.45) is 0. The van der Waals surface area contributed by atoms with Crippen LogP contribution in [0.4, 0.5) is 4.39 Å². The Morgan fingerprint density at radius 2 is 2.05 bits per heavy atom. The Bertz CT molecular complexity index is 682. The van der Waals surface area contributed by atoms with Gasteiger partial charge in [0, 0.05) is 11.6 Å². The van der Waals surface area contributed by atoms with Crippen LogP contribution in [0.1, 0.15) is 16.7 Å². The van der Waals surface area contributed by atoms with Gasteiger partial charge in [-0.25, -0.2) is 4.39 Å². The largest absolute Gasteiger partial charge is 0.497 e. The van der Waals surface area contributed by atoms with E-state index in [0.29, 0.717) is 22.9 Å². The van der Waals surface area contributed by atoms with Crippen molar-refractivity contribution in [2.24, 2.45) is 0 Å². The zero-order valence-corrected chi connectivity index (χ0v) is 12.2. The fourth-order valence-corrected chi connectivity index (χ4v) is 2.09. The summed E-state index contributed by atoms with van der Waals surface area (Å²) in [4.78, 5) is 0. The molecule has 0 spiro atoms. The normalized spacial score (nSPS) is 10.0. The minimum atomic E-state index is -0.462. The first-order chi connectivity index (χ1) is 10.2. The number of nitrogens with zero attached hydrogens (tertiary/aromatic N) is 1. The van der Waals surface area contributed by atoms with Crippen LogP contribution in [0.5, 0.6) is 11.5 Å². The number of ether oxygens (including phenoxy) is 2. The average molecular weight is 306 g/mol. The minimum Gasteiger partial charge on any atom is -0.497 e. The van der Waals surface area contributed by atoms with Crippen LogP contribution in [0.15, 0.2) is 36.4 Å². The Morgan fingerprint density at radius 1 is 1.24 bits per heavy atom. The third kappa shape index (κ3) is 3.87. The van der Waals surface area contributed by atoms with Gasteiger partial charge >= 0.3 is 0 Å². The van der Waals surface area contributed by atoms with Gasteiger partial charge in [-0.3, -0.25) is 0 Å². The lowest BCUT2D eigenvalue weighted by Crippen LogP contribution is -2.00. The molecule has 0 N–H and O–H groups in total. The summed E-state index contributed by atoms with van der Waals surface area (Å²) in [6.45, 7) is 0.142. The molecule has 0 unspecified atom stereocenters. The summed E-state index contributed by atoms with van der Waals surface area (Å²) in [5, 5.41) is 8.83. The molecule has 0 saturated heterocycles. The molecule has 0 aromatic heterocycles. The van der Waals surface area contributed by atoms with Crippen LogP contribution < -0.4 is 9.47 Å². The van der Waals surface area contributed by atoms with Crippen LogP contribution >= 0.6 is 11.6 Å². The molecular formula is C16H13ClFNO2. The molecule has 0 aliphatic rings. The summed E-state index contributed by atoms with van der Waals surface area (Å²) >= 11 is 5.86. The van der Waals surface area contributed by atoms with Crippen molar-refractivity contribution in [1.29, 1.82) is 5.26 Å². The van der Waals surface area contributed by atoms with Gasteiger partial charge in [0.1, 0.15) is 23.9 Å². The number of benzene rings is 2. The molecule has 0 radical (unpaired) electrons. The summed E-state index contributed by atoms with van der Waals surface area (Å²) in [5.74, 6) is 1.06. The van der Waals surface area contributed by atoms with Crippen molar-refractivity contribution < 1.29 is 13.9 Å². The molecule has 0 saturated carbocycles. The Labute approximate surface area is 127 Å². The molecule has 0 fully saturated rings. The SMILES string of the molecule is COc1ccc(CCl)c(OCc2cc(F)cc(C#N)c2)c1. The van der Waals surface area contributed by atoms with Crippen molar-refractivity contribution in [3.05, 3.63) is 58.9 Å². The Kier molecular flexibility index (Phi) is 5.02. The van der Waals surface area contributed by atoms with Gasteiger partial charge in [0.2, 0.25) is 0 Å². The highest BCUT2D eigenvalue weighted by atomic mass is 35.5. The molecule has 0 atom stereocenters. The summed E-state index contributed by atoms with van der Waals surface area (Å²) in [5.41, 5.74) is 1.65. The monoisotopic (exact) mass is 305 g/mol. The topological polar surface area (TPSA) is 42.2 Å². The van der Waals surface area contributed by atoms with E-state index in [9.17, 15) is 4.39 Å². The van der Waals surface area contributed by atoms with E-state index in [4.69, 9.17) is 26.3 Å². The third-order valence-corrected chi connectivity index (χ3v) is 3.19. The quantitative estimate of drug-likeness (QED) is 0.783. The summed E-state index contributed by atoms with van der Waals surface area (Å²) < 4.78 is 24.2. The zero-order chi connectivity index (χ0) is 15.2. The van der Waals surface area contributed by atoms with E-state index in [1.54, 1.807) is 25.3 Å². The first kappa shape index (κ1) is 15.1. The average Bonchev–Trinajstić information content (AvgIpc) is 2.51. The number of hydrogen-bond donors (Lipinski definition) is 0. The smallest absolute Gasteiger partial charge is 0.127 e. The molecule has 21 heavy (non-hydrogen) atoms. The highest BCUT2D eigenvalue weighted by Crippen LogP contribution is 2.27. The number of nitriles is 1. The van der Waals surface area contributed by atoms with Crippen molar-refractivity contribution in [3.63, 3.8) is 0 Å². The zero-order valence-electron chi connectivity index (χ0n) is 11.4. The van der Waals surface area contributed by atoms with Gasteiger partial charge < -0.3 is 9.47 Å². The number of methoxy groups -OCH3 is 1. The maximum atomic E-state index is 13.4. The van der Waals surface area contributed by atoms with Crippen LogP contribution in [0.25, 0.3) is 0 Å². The van der Waals surface area contributed by atoms with E-state index in [1.165, 1.54) is 12.1 Å². The Hall–Kier alpha value is -2.25.